The van der Waals surface area contributed by atoms with Gasteiger partial charge in [-0.1, -0.05) is 115 Å². The highest BCUT2D eigenvalue weighted by atomic mass is 15.1. The molecule has 0 unspecified atom stereocenters. The van der Waals surface area contributed by atoms with Crippen molar-refractivity contribution in [3.63, 3.8) is 0 Å². The molecular formula is C42H34N2. The molecule has 0 bridgehead atoms. The number of nitrogens with zero attached hydrogens (tertiary/aromatic N) is 2. The Morgan fingerprint density at radius 3 is 1.73 bits per heavy atom. The summed E-state index contributed by atoms with van der Waals surface area (Å²) < 4.78 is 2.38. The highest BCUT2D eigenvalue weighted by Gasteiger charge is 2.15. The normalized spacial score (nSPS) is 11.9. The number of benzene rings is 6. The van der Waals surface area contributed by atoms with E-state index in [0.29, 0.717) is 0 Å². The lowest BCUT2D eigenvalue weighted by molar-refractivity contribution is 1.18. The topological polar surface area (TPSA) is 8.17 Å². The summed E-state index contributed by atoms with van der Waals surface area (Å²) in [7, 11) is 0. The number of fused-ring (bicyclic) bond motifs is 3. The second-order valence-corrected chi connectivity index (χ2v) is 10.9. The number of anilines is 2. The Balaban J connectivity index is 1.30. The van der Waals surface area contributed by atoms with E-state index in [1.165, 1.54) is 44.1 Å². The first-order valence-corrected chi connectivity index (χ1v) is 15.2. The molecule has 0 aliphatic heterocycles. The Bertz CT molecular complexity index is 2080. The second kappa shape index (κ2) is 11.9. The highest BCUT2D eigenvalue weighted by Crippen LogP contribution is 2.38. The van der Waals surface area contributed by atoms with Crippen LogP contribution in [0.25, 0.3) is 49.7 Å². The van der Waals surface area contributed by atoms with Gasteiger partial charge in [0.05, 0.1) is 11.0 Å². The molecule has 7 rings (SSSR count). The number of rotatable bonds is 7. The van der Waals surface area contributed by atoms with E-state index in [0.717, 1.165) is 22.8 Å². The summed E-state index contributed by atoms with van der Waals surface area (Å²) in [5.41, 5.74) is 11.8. The van der Waals surface area contributed by atoms with Crippen LogP contribution in [-0.2, 0) is 0 Å². The monoisotopic (exact) mass is 566 g/mol. The second-order valence-electron chi connectivity index (χ2n) is 10.9. The fourth-order valence-electron chi connectivity index (χ4n) is 6.28. The van der Waals surface area contributed by atoms with Crippen LogP contribution in [0.1, 0.15) is 13.8 Å². The molecule has 0 spiro atoms. The van der Waals surface area contributed by atoms with Gasteiger partial charge in [0.2, 0.25) is 0 Å². The maximum absolute atomic E-state index is 2.38. The fourth-order valence-corrected chi connectivity index (χ4v) is 6.28. The molecule has 6 aromatic carbocycles. The number of allylic oxidation sites excluding steroid dienone is 3. The molecule has 2 heteroatoms. The molecule has 1 aromatic heterocycles. The largest absolute Gasteiger partial charge is 0.311 e. The number of para-hydroxylation sites is 3. The van der Waals surface area contributed by atoms with Crippen molar-refractivity contribution in [1.82, 2.24) is 4.57 Å². The van der Waals surface area contributed by atoms with Crippen LogP contribution in [0.4, 0.5) is 11.4 Å². The van der Waals surface area contributed by atoms with E-state index in [1.807, 2.05) is 0 Å². The Kier molecular flexibility index (Phi) is 7.40. The SMILES string of the molecule is C/C=C\C(=C/C)N(c1ccccc1)c1ccc(-c2ccccc2-c2cccc(-n3c4ccccc4c4ccccc43)c2)cc1. The lowest BCUT2D eigenvalue weighted by atomic mass is 9.94. The van der Waals surface area contributed by atoms with Gasteiger partial charge < -0.3 is 9.47 Å². The summed E-state index contributed by atoms with van der Waals surface area (Å²) in [6.07, 6.45) is 6.39. The summed E-state index contributed by atoms with van der Waals surface area (Å²) in [6, 6.07) is 54.4. The maximum atomic E-state index is 2.38. The van der Waals surface area contributed by atoms with Gasteiger partial charge in [-0.05, 0) is 90.7 Å². The van der Waals surface area contributed by atoms with E-state index in [-0.39, 0.29) is 0 Å². The summed E-state index contributed by atoms with van der Waals surface area (Å²) in [4.78, 5) is 2.30. The van der Waals surface area contributed by atoms with E-state index in [4.69, 9.17) is 0 Å². The van der Waals surface area contributed by atoms with Crippen molar-refractivity contribution in [1.29, 1.82) is 0 Å². The Labute approximate surface area is 259 Å². The molecule has 0 N–H and O–H groups in total. The van der Waals surface area contributed by atoms with E-state index >= 15 is 0 Å². The minimum atomic E-state index is 1.12. The number of hydrogen-bond acceptors (Lipinski definition) is 1. The van der Waals surface area contributed by atoms with Crippen molar-refractivity contribution in [2.45, 2.75) is 13.8 Å². The first-order valence-electron chi connectivity index (χ1n) is 15.2. The summed E-state index contributed by atoms with van der Waals surface area (Å²) in [5.74, 6) is 0. The lowest BCUT2D eigenvalue weighted by Crippen LogP contribution is -2.14. The molecule has 0 aliphatic carbocycles. The van der Waals surface area contributed by atoms with Crippen molar-refractivity contribution in [2.24, 2.45) is 0 Å². The molecule has 0 saturated carbocycles. The average Bonchev–Trinajstić information content (AvgIpc) is 3.43. The van der Waals surface area contributed by atoms with Crippen LogP contribution in [0.5, 0.6) is 0 Å². The third kappa shape index (κ3) is 4.91. The standard InChI is InChI=1S/C42H34N2/c1-3-15-33(4-2)43(34-17-6-5-7-18-34)35-28-26-31(27-29-35)37-20-8-9-21-38(37)32-16-14-19-36(30-32)44-41-24-12-10-22-39(41)40-23-11-13-25-42(40)44/h3-30H,1-2H3/b15-3-,33-4+. The molecular weight excluding hydrogens is 532 g/mol. The highest BCUT2D eigenvalue weighted by molar-refractivity contribution is 6.09. The summed E-state index contributed by atoms with van der Waals surface area (Å²) in [6.45, 7) is 4.15. The predicted molar refractivity (Wildman–Crippen MR) is 189 cm³/mol. The summed E-state index contributed by atoms with van der Waals surface area (Å²) >= 11 is 0. The van der Waals surface area contributed by atoms with E-state index < -0.39 is 0 Å². The third-order valence-corrected chi connectivity index (χ3v) is 8.26. The number of aromatic nitrogens is 1. The van der Waals surface area contributed by atoms with Crippen LogP contribution in [-0.4, -0.2) is 4.57 Å². The molecule has 44 heavy (non-hydrogen) atoms. The summed E-state index contributed by atoms with van der Waals surface area (Å²) in [5, 5.41) is 2.54. The average molecular weight is 567 g/mol. The zero-order valence-electron chi connectivity index (χ0n) is 25.1. The van der Waals surface area contributed by atoms with Gasteiger partial charge in [0, 0.05) is 33.5 Å². The molecule has 1 heterocycles. The van der Waals surface area contributed by atoms with Gasteiger partial charge in [-0.2, -0.15) is 0 Å². The Morgan fingerprint density at radius 1 is 0.523 bits per heavy atom. The molecule has 0 amide bonds. The molecule has 2 nitrogen and oxygen atoms in total. The van der Waals surface area contributed by atoms with E-state index in [1.54, 1.807) is 0 Å². The molecule has 212 valence electrons. The molecule has 0 atom stereocenters. The maximum Gasteiger partial charge on any atom is 0.0541 e. The third-order valence-electron chi connectivity index (χ3n) is 8.26. The van der Waals surface area contributed by atoms with Gasteiger partial charge >= 0.3 is 0 Å². The Morgan fingerprint density at radius 2 is 1.09 bits per heavy atom. The van der Waals surface area contributed by atoms with Crippen LogP contribution in [0.3, 0.4) is 0 Å². The smallest absolute Gasteiger partial charge is 0.0541 e. The zero-order valence-corrected chi connectivity index (χ0v) is 25.1. The number of hydrogen-bond donors (Lipinski definition) is 0. The van der Waals surface area contributed by atoms with Crippen molar-refractivity contribution in [3.05, 3.63) is 176 Å². The van der Waals surface area contributed by atoms with Crippen molar-refractivity contribution in [2.75, 3.05) is 4.90 Å². The molecule has 0 fully saturated rings. The van der Waals surface area contributed by atoms with Gasteiger partial charge in [0.1, 0.15) is 0 Å². The van der Waals surface area contributed by atoms with Gasteiger partial charge in [-0.25, -0.2) is 0 Å². The van der Waals surface area contributed by atoms with Crippen molar-refractivity contribution in [3.8, 4) is 27.9 Å². The Hall–Kier alpha value is -5.60. The van der Waals surface area contributed by atoms with Gasteiger partial charge in [-0.3, -0.25) is 0 Å². The molecule has 0 aliphatic rings. The first-order chi connectivity index (χ1) is 21.8. The predicted octanol–water partition coefficient (Wildman–Crippen LogP) is 11.7. The van der Waals surface area contributed by atoms with Gasteiger partial charge in [-0.15, -0.1) is 0 Å². The van der Waals surface area contributed by atoms with Crippen LogP contribution in [0.2, 0.25) is 0 Å². The lowest BCUT2D eigenvalue weighted by Gasteiger charge is -2.26. The van der Waals surface area contributed by atoms with Gasteiger partial charge in [0.25, 0.3) is 0 Å². The molecule has 0 radical (unpaired) electrons. The quantitative estimate of drug-likeness (QED) is 0.174. The van der Waals surface area contributed by atoms with Crippen molar-refractivity contribution >= 4 is 33.2 Å². The van der Waals surface area contributed by atoms with Crippen molar-refractivity contribution < 1.29 is 0 Å². The van der Waals surface area contributed by atoms with Crippen LogP contribution in [0, 0.1) is 0 Å². The van der Waals surface area contributed by atoms with E-state index in [2.05, 4.69) is 193 Å². The van der Waals surface area contributed by atoms with Crippen LogP contribution >= 0.6 is 0 Å². The van der Waals surface area contributed by atoms with Crippen LogP contribution < -0.4 is 4.90 Å². The minimum absolute atomic E-state index is 1.12. The zero-order chi connectivity index (χ0) is 29.9. The van der Waals surface area contributed by atoms with E-state index in [9.17, 15) is 0 Å². The van der Waals surface area contributed by atoms with Crippen LogP contribution in [0.15, 0.2) is 176 Å². The molecule has 7 aromatic rings. The molecule has 0 saturated heterocycles. The van der Waals surface area contributed by atoms with Gasteiger partial charge in [0.15, 0.2) is 0 Å². The fraction of sp³-hybridized carbons (Fsp3) is 0.0476. The first kappa shape index (κ1) is 27.2. The minimum Gasteiger partial charge on any atom is -0.311 e.